The molecule has 1 aliphatic heterocycles. The standard InChI is InChI=1S/C48H76NO11P/c1-3-5-7-9-11-13-15-17-18-19-20-21-22-23-25-27-29-31-33-37-46(50)56-39-42(40-57-61(54,55)58-41-43(49)48(52)53)59-47(51)38-34-36-45-44(60-45)35-32-30-28-26-24-16-14-12-10-8-6-4-2/h5,7,11-14,17-18,20-21,23-26,30,32,42-45H,3-4,6,8-10,15-16,19,22,27-29,31,33-41,49H2,1-2H3,(H,52,53)(H,54,55)/b7-5-,13-11-,14-12-,18-17-,21-20-,25-23-,26-24-,32-30-/t42-,43+,44?,45?/m1/s1. The van der Waals surface area contributed by atoms with E-state index in [0.29, 0.717) is 19.3 Å². The molecular weight excluding hydrogens is 797 g/mol. The summed E-state index contributed by atoms with van der Waals surface area (Å²) in [6, 6.07) is -1.55. The summed E-state index contributed by atoms with van der Waals surface area (Å²) in [6.45, 7) is 2.53. The molecule has 0 aromatic rings. The van der Waals surface area contributed by atoms with E-state index in [1.54, 1.807) is 0 Å². The lowest BCUT2D eigenvalue weighted by atomic mass is 10.1. The van der Waals surface area contributed by atoms with E-state index in [2.05, 4.69) is 116 Å². The first kappa shape index (κ1) is 55.4. The number of phosphoric ester groups is 1. The fourth-order valence-corrected chi connectivity index (χ4v) is 6.42. The molecule has 0 aromatic carbocycles. The molecule has 0 amide bonds. The van der Waals surface area contributed by atoms with Gasteiger partial charge >= 0.3 is 25.7 Å². The van der Waals surface area contributed by atoms with Gasteiger partial charge in [-0.05, 0) is 96.3 Å². The lowest BCUT2D eigenvalue weighted by molar-refractivity contribution is -0.161. The first-order chi connectivity index (χ1) is 29.6. The normalized spacial score (nSPS) is 17.9. The predicted molar refractivity (Wildman–Crippen MR) is 244 cm³/mol. The van der Waals surface area contributed by atoms with E-state index in [0.717, 1.165) is 77.0 Å². The average molecular weight is 874 g/mol. The minimum Gasteiger partial charge on any atom is -0.480 e. The summed E-state index contributed by atoms with van der Waals surface area (Å²) < 4.78 is 38.5. The number of esters is 2. The summed E-state index contributed by atoms with van der Waals surface area (Å²) in [5.41, 5.74) is 5.34. The van der Waals surface area contributed by atoms with Crippen molar-refractivity contribution in [3.8, 4) is 0 Å². The Balaban J connectivity index is 2.37. The quantitative estimate of drug-likeness (QED) is 0.0175. The highest BCUT2D eigenvalue weighted by atomic mass is 31.2. The van der Waals surface area contributed by atoms with E-state index >= 15 is 0 Å². The smallest absolute Gasteiger partial charge is 0.472 e. The van der Waals surface area contributed by atoms with Crippen molar-refractivity contribution in [2.24, 2.45) is 5.73 Å². The van der Waals surface area contributed by atoms with Gasteiger partial charge in [0.15, 0.2) is 6.10 Å². The Morgan fingerprint density at radius 2 is 1.13 bits per heavy atom. The summed E-state index contributed by atoms with van der Waals surface area (Å²) in [5, 5.41) is 8.91. The van der Waals surface area contributed by atoms with Crippen molar-refractivity contribution in [2.75, 3.05) is 19.8 Å². The fraction of sp³-hybridized carbons (Fsp3) is 0.604. The maximum Gasteiger partial charge on any atom is 0.472 e. The third-order valence-corrected chi connectivity index (χ3v) is 10.2. The van der Waals surface area contributed by atoms with Crippen molar-refractivity contribution >= 4 is 25.7 Å². The van der Waals surface area contributed by atoms with Gasteiger partial charge in [0, 0.05) is 12.8 Å². The van der Waals surface area contributed by atoms with Gasteiger partial charge in [-0.15, -0.1) is 0 Å². The number of unbranched alkanes of at least 4 members (excludes halogenated alkanes) is 6. The van der Waals surface area contributed by atoms with Crippen molar-refractivity contribution in [3.63, 3.8) is 0 Å². The van der Waals surface area contributed by atoms with Crippen LogP contribution in [0.25, 0.3) is 0 Å². The molecule has 4 N–H and O–H groups in total. The lowest BCUT2D eigenvalue weighted by Gasteiger charge is -2.20. The Morgan fingerprint density at radius 1 is 0.623 bits per heavy atom. The number of carboxylic acids is 1. The first-order valence-electron chi connectivity index (χ1n) is 22.4. The van der Waals surface area contributed by atoms with Crippen LogP contribution in [0.3, 0.4) is 0 Å². The Hall–Kier alpha value is -3.64. The monoisotopic (exact) mass is 874 g/mol. The number of phosphoric acid groups is 1. The van der Waals surface area contributed by atoms with Crippen molar-refractivity contribution in [3.05, 3.63) is 97.2 Å². The number of hydrogen-bond acceptors (Lipinski definition) is 10. The number of carbonyl (C=O) groups excluding carboxylic acids is 2. The number of carbonyl (C=O) groups is 3. The van der Waals surface area contributed by atoms with E-state index < -0.39 is 57.7 Å². The predicted octanol–water partition coefficient (Wildman–Crippen LogP) is 11.0. The molecule has 0 radical (unpaired) electrons. The van der Waals surface area contributed by atoms with Crippen LogP contribution in [0.2, 0.25) is 0 Å². The minimum atomic E-state index is -4.76. The van der Waals surface area contributed by atoms with Gasteiger partial charge in [-0.3, -0.25) is 23.4 Å². The molecule has 1 rings (SSSR count). The van der Waals surface area contributed by atoms with Gasteiger partial charge in [-0.25, -0.2) is 4.57 Å². The molecule has 12 nitrogen and oxygen atoms in total. The number of allylic oxidation sites excluding steroid dienone is 15. The topological polar surface area (TPSA) is 184 Å². The second-order valence-electron chi connectivity index (χ2n) is 14.8. The number of hydrogen-bond donors (Lipinski definition) is 3. The van der Waals surface area contributed by atoms with Crippen LogP contribution in [0.15, 0.2) is 97.2 Å². The van der Waals surface area contributed by atoms with Gasteiger partial charge in [0.1, 0.15) is 12.6 Å². The third-order valence-electron chi connectivity index (χ3n) is 9.24. The molecule has 344 valence electrons. The minimum absolute atomic E-state index is 0.0589. The number of carboxylic acid groups (broad SMARTS) is 1. The number of epoxide rings is 1. The molecule has 3 unspecified atom stereocenters. The van der Waals surface area contributed by atoms with Crippen molar-refractivity contribution in [2.45, 2.75) is 167 Å². The van der Waals surface area contributed by atoms with Crippen LogP contribution in [-0.2, 0) is 42.2 Å². The molecule has 0 saturated carbocycles. The van der Waals surface area contributed by atoms with E-state index in [1.165, 1.54) is 19.3 Å². The van der Waals surface area contributed by atoms with Gasteiger partial charge in [-0.1, -0.05) is 130 Å². The fourth-order valence-electron chi connectivity index (χ4n) is 5.65. The number of aliphatic carboxylic acids is 1. The van der Waals surface area contributed by atoms with Gasteiger partial charge < -0.3 is 29.9 Å². The molecular formula is C48H76NO11P. The van der Waals surface area contributed by atoms with Crippen LogP contribution < -0.4 is 5.73 Å². The molecule has 0 bridgehead atoms. The highest BCUT2D eigenvalue weighted by Crippen LogP contribution is 2.43. The Kier molecular flexibility index (Phi) is 34.6. The molecule has 1 saturated heterocycles. The molecule has 0 aliphatic carbocycles. The maximum absolute atomic E-state index is 12.7. The SMILES string of the molecule is CC/C=C\C/C=C\C/C=C\C/C=C\C/C=C\CCCCCC(=O)OC[C@H](COP(=O)(O)OC[C@H](N)C(=O)O)OC(=O)CCCC1OC1C/C=C\C/C=C\C/C=C\CCCCC. The van der Waals surface area contributed by atoms with Crippen LogP contribution in [0.1, 0.15) is 142 Å². The Labute approximate surface area is 366 Å². The zero-order chi connectivity index (χ0) is 44.7. The summed E-state index contributed by atoms with van der Waals surface area (Å²) in [7, 11) is -4.76. The largest absolute Gasteiger partial charge is 0.480 e. The highest BCUT2D eigenvalue weighted by molar-refractivity contribution is 7.47. The van der Waals surface area contributed by atoms with Gasteiger partial charge in [0.25, 0.3) is 0 Å². The number of nitrogens with two attached hydrogens (primary N) is 1. The average Bonchev–Trinajstić information content (AvgIpc) is 3.99. The molecule has 1 heterocycles. The van der Waals surface area contributed by atoms with Crippen LogP contribution in [0.5, 0.6) is 0 Å². The van der Waals surface area contributed by atoms with Gasteiger partial charge in [0.2, 0.25) is 0 Å². The summed E-state index contributed by atoms with van der Waals surface area (Å²) in [5.74, 6) is -2.52. The van der Waals surface area contributed by atoms with E-state index in [1.807, 2.05) is 0 Å². The maximum atomic E-state index is 12.7. The van der Waals surface area contributed by atoms with Gasteiger partial charge in [0.05, 0.1) is 25.4 Å². The van der Waals surface area contributed by atoms with Crippen LogP contribution in [-0.4, -0.2) is 72.1 Å². The van der Waals surface area contributed by atoms with Crippen LogP contribution >= 0.6 is 7.82 Å². The summed E-state index contributed by atoms with van der Waals surface area (Å²) in [4.78, 5) is 46.1. The van der Waals surface area contributed by atoms with Crippen molar-refractivity contribution in [1.29, 1.82) is 0 Å². The molecule has 5 atom stereocenters. The number of rotatable bonds is 39. The molecule has 1 aliphatic rings. The highest BCUT2D eigenvalue weighted by Gasteiger charge is 2.37. The Bertz CT molecular complexity index is 1460. The zero-order valence-corrected chi connectivity index (χ0v) is 37.8. The molecule has 1 fully saturated rings. The molecule has 0 spiro atoms. The Morgan fingerprint density at radius 3 is 1.69 bits per heavy atom. The van der Waals surface area contributed by atoms with E-state index in [9.17, 15) is 23.8 Å². The second kappa shape index (κ2) is 38.1. The summed E-state index contributed by atoms with van der Waals surface area (Å²) >= 11 is 0. The summed E-state index contributed by atoms with van der Waals surface area (Å²) in [6.07, 6.45) is 50.6. The third kappa shape index (κ3) is 35.6. The molecule has 13 heteroatoms. The van der Waals surface area contributed by atoms with E-state index in [-0.39, 0.29) is 25.0 Å². The number of ether oxygens (including phenoxy) is 3. The zero-order valence-electron chi connectivity index (χ0n) is 36.9. The first-order valence-corrected chi connectivity index (χ1v) is 23.9. The van der Waals surface area contributed by atoms with Gasteiger partial charge in [-0.2, -0.15) is 0 Å². The second-order valence-corrected chi connectivity index (χ2v) is 16.3. The molecule has 61 heavy (non-hydrogen) atoms. The van der Waals surface area contributed by atoms with E-state index in [4.69, 9.17) is 29.6 Å². The van der Waals surface area contributed by atoms with Crippen LogP contribution in [0, 0.1) is 0 Å². The lowest BCUT2D eigenvalue weighted by Crippen LogP contribution is -2.34. The van der Waals surface area contributed by atoms with Crippen molar-refractivity contribution in [1.82, 2.24) is 0 Å². The van der Waals surface area contributed by atoms with Crippen LogP contribution in [0.4, 0.5) is 0 Å². The van der Waals surface area contributed by atoms with Crippen molar-refractivity contribution < 1.29 is 52.2 Å². The molecule has 0 aromatic heterocycles.